The van der Waals surface area contributed by atoms with Crippen molar-refractivity contribution in [3.05, 3.63) is 38.8 Å². The molecule has 2 fully saturated rings. The third-order valence-electron chi connectivity index (χ3n) is 4.89. The molecule has 1 unspecified atom stereocenters. The second-order valence-electron chi connectivity index (χ2n) is 6.49. The summed E-state index contributed by atoms with van der Waals surface area (Å²) in [6.45, 7) is 4.47. The number of hydrogen-bond donors (Lipinski definition) is 2. The first kappa shape index (κ1) is 15.1. The van der Waals surface area contributed by atoms with Crippen LogP contribution < -0.4 is 16.1 Å². The molecule has 0 saturated carbocycles. The van der Waals surface area contributed by atoms with Crippen LogP contribution in [0.3, 0.4) is 0 Å². The molecule has 1 spiro atoms. The highest BCUT2D eigenvalue weighted by atomic mass is 16.5. The van der Waals surface area contributed by atoms with Crippen molar-refractivity contribution >= 4 is 5.69 Å². The van der Waals surface area contributed by atoms with Gasteiger partial charge >= 0.3 is 5.69 Å². The van der Waals surface area contributed by atoms with E-state index in [4.69, 9.17) is 4.74 Å². The Morgan fingerprint density at radius 3 is 2.92 bits per heavy atom. The van der Waals surface area contributed by atoms with Crippen LogP contribution in [-0.2, 0) is 4.74 Å². The van der Waals surface area contributed by atoms with Gasteiger partial charge in [0, 0.05) is 25.9 Å². The molecule has 0 radical (unpaired) electrons. The van der Waals surface area contributed by atoms with Crippen LogP contribution in [-0.4, -0.2) is 45.5 Å². The van der Waals surface area contributed by atoms with E-state index in [2.05, 4.69) is 25.1 Å². The maximum Gasteiger partial charge on any atom is 0.325 e. The molecule has 0 aromatic carbocycles. The Balaban J connectivity index is 1.69. The number of aromatic nitrogens is 4. The van der Waals surface area contributed by atoms with Crippen molar-refractivity contribution in [2.24, 2.45) is 0 Å². The first-order valence-corrected chi connectivity index (χ1v) is 8.12. The van der Waals surface area contributed by atoms with Gasteiger partial charge in [-0.1, -0.05) is 0 Å². The molecule has 8 heteroatoms. The van der Waals surface area contributed by atoms with Crippen molar-refractivity contribution in [3.8, 4) is 11.3 Å². The fourth-order valence-electron chi connectivity index (χ4n) is 3.62. The molecule has 0 bridgehead atoms. The molecule has 24 heavy (non-hydrogen) atoms. The molecule has 2 saturated heterocycles. The molecule has 2 aliphatic rings. The zero-order valence-electron chi connectivity index (χ0n) is 13.5. The number of ether oxygens (including phenoxy) is 1. The van der Waals surface area contributed by atoms with E-state index in [1.807, 2.05) is 13.0 Å². The van der Waals surface area contributed by atoms with Crippen LogP contribution in [0.25, 0.3) is 11.3 Å². The summed E-state index contributed by atoms with van der Waals surface area (Å²) >= 11 is 0. The van der Waals surface area contributed by atoms with Gasteiger partial charge < -0.3 is 14.6 Å². The van der Waals surface area contributed by atoms with Crippen molar-refractivity contribution in [1.29, 1.82) is 0 Å². The molecule has 0 aliphatic carbocycles. The number of rotatable bonds is 2. The Bertz CT molecular complexity index is 882. The molecule has 2 aromatic heterocycles. The summed E-state index contributed by atoms with van der Waals surface area (Å²) in [6, 6.07) is 1.86. The Morgan fingerprint density at radius 1 is 1.29 bits per heavy atom. The maximum absolute atomic E-state index is 12.0. The van der Waals surface area contributed by atoms with Crippen LogP contribution in [0.5, 0.6) is 0 Å². The van der Waals surface area contributed by atoms with Crippen molar-refractivity contribution in [1.82, 2.24) is 20.2 Å². The SMILES string of the molecule is Cc1nnc(-c2c[nH]c(=O)[nH]c2=O)cc1N1CCC2(CCCO2)C1. The van der Waals surface area contributed by atoms with Crippen LogP contribution in [0, 0.1) is 6.92 Å². The van der Waals surface area contributed by atoms with Crippen LogP contribution in [0.1, 0.15) is 25.0 Å². The summed E-state index contributed by atoms with van der Waals surface area (Å²) in [4.78, 5) is 30.1. The van der Waals surface area contributed by atoms with Gasteiger partial charge in [-0.3, -0.25) is 9.78 Å². The lowest BCUT2D eigenvalue weighted by molar-refractivity contribution is 0.0231. The highest BCUT2D eigenvalue weighted by Crippen LogP contribution is 2.37. The number of nitrogens with zero attached hydrogens (tertiary/aromatic N) is 3. The first-order chi connectivity index (χ1) is 11.6. The minimum atomic E-state index is -0.538. The maximum atomic E-state index is 12.0. The van der Waals surface area contributed by atoms with Gasteiger partial charge in [0.25, 0.3) is 5.56 Å². The van der Waals surface area contributed by atoms with E-state index in [9.17, 15) is 9.59 Å². The number of H-pyrrole nitrogens is 2. The van der Waals surface area contributed by atoms with Gasteiger partial charge in [0.15, 0.2) is 0 Å². The number of aryl methyl sites for hydroxylation is 1. The van der Waals surface area contributed by atoms with E-state index < -0.39 is 11.2 Å². The molecule has 8 nitrogen and oxygen atoms in total. The predicted octanol–water partition coefficient (Wildman–Crippen LogP) is 0.588. The zero-order valence-corrected chi connectivity index (χ0v) is 13.5. The Labute approximate surface area is 137 Å². The number of nitrogens with one attached hydrogen (secondary N) is 2. The largest absolute Gasteiger partial charge is 0.373 e. The van der Waals surface area contributed by atoms with E-state index in [1.54, 1.807) is 0 Å². The van der Waals surface area contributed by atoms with Gasteiger partial charge in [0.1, 0.15) is 5.69 Å². The van der Waals surface area contributed by atoms with Gasteiger partial charge in [0.05, 0.1) is 22.5 Å². The molecular weight excluding hydrogens is 310 g/mol. The third kappa shape index (κ3) is 2.52. The average Bonchev–Trinajstić information content (AvgIpc) is 3.19. The molecule has 0 amide bonds. The molecule has 2 aromatic rings. The van der Waals surface area contributed by atoms with Gasteiger partial charge in [-0.15, -0.1) is 5.10 Å². The minimum Gasteiger partial charge on any atom is -0.373 e. The van der Waals surface area contributed by atoms with Crippen molar-refractivity contribution < 1.29 is 4.74 Å². The highest BCUT2D eigenvalue weighted by molar-refractivity contribution is 5.64. The summed E-state index contributed by atoms with van der Waals surface area (Å²) in [6.07, 6.45) is 4.58. The molecule has 4 rings (SSSR count). The summed E-state index contributed by atoms with van der Waals surface area (Å²) in [5.74, 6) is 0. The van der Waals surface area contributed by atoms with Crippen LogP contribution in [0.2, 0.25) is 0 Å². The molecule has 2 N–H and O–H groups in total. The molecule has 126 valence electrons. The van der Waals surface area contributed by atoms with Crippen LogP contribution >= 0.6 is 0 Å². The number of hydrogen-bond acceptors (Lipinski definition) is 6. The normalized spacial score (nSPS) is 23.3. The second kappa shape index (κ2) is 5.55. The summed E-state index contributed by atoms with van der Waals surface area (Å²) in [7, 11) is 0. The summed E-state index contributed by atoms with van der Waals surface area (Å²) in [5.41, 5.74) is 1.47. The smallest absolute Gasteiger partial charge is 0.325 e. The monoisotopic (exact) mass is 329 g/mol. The highest BCUT2D eigenvalue weighted by Gasteiger charge is 2.42. The summed E-state index contributed by atoms with van der Waals surface area (Å²) in [5, 5.41) is 8.31. The number of anilines is 1. The van der Waals surface area contributed by atoms with Crippen LogP contribution in [0.4, 0.5) is 5.69 Å². The standard InChI is InChI=1S/C16H19N5O3/c1-10-13(21-5-4-16(9-21)3-2-6-24-16)7-12(20-19-10)11-8-17-15(23)18-14(11)22/h7-8H,2-6,9H2,1H3,(H2,17,18,22,23). The lowest BCUT2D eigenvalue weighted by Crippen LogP contribution is -2.32. The van der Waals surface area contributed by atoms with Crippen LogP contribution in [0.15, 0.2) is 21.9 Å². The number of aromatic amines is 2. The predicted molar refractivity (Wildman–Crippen MR) is 88.2 cm³/mol. The zero-order chi connectivity index (χ0) is 16.7. The molecule has 4 heterocycles. The van der Waals surface area contributed by atoms with Crippen molar-refractivity contribution in [2.45, 2.75) is 31.8 Å². The molecule has 2 aliphatic heterocycles. The summed E-state index contributed by atoms with van der Waals surface area (Å²) < 4.78 is 5.97. The van der Waals surface area contributed by atoms with Gasteiger partial charge in [-0.25, -0.2) is 4.79 Å². The lowest BCUT2D eigenvalue weighted by Gasteiger charge is -2.25. The lowest BCUT2D eigenvalue weighted by atomic mass is 10.00. The van der Waals surface area contributed by atoms with E-state index in [0.29, 0.717) is 11.3 Å². The second-order valence-corrected chi connectivity index (χ2v) is 6.49. The van der Waals surface area contributed by atoms with Crippen molar-refractivity contribution in [2.75, 3.05) is 24.6 Å². The average molecular weight is 329 g/mol. The van der Waals surface area contributed by atoms with E-state index >= 15 is 0 Å². The third-order valence-corrected chi connectivity index (χ3v) is 4.89. The van der Waals surface area contributed by atoms with Crippen molar-refractivity contribution in [3.63, 3.8) is 0 Å². The first-order valence-electron chi connectivity index (χ1n) is 8.12. The Hall–Kier alpha value is -2.48. The topological polar surface area (TPSA) is 104 Å². The van der Waals surface area contributed by atoms with Gasteiger partial charge in [-0.05, 0) is 32.3 Å². The fraction of sp³-hybridized carbons (Fsp3) is 0.500. The Morgan fingerprint density at radius 2 is 2.17 bits per heavy atom. The fourth-order valence-corrected chi connectivity index (χ4v) is 3.62. The molecular formula is C16H19N5O3. The molecule has 1 atom stereocenters. The van der Waals surface area contributed by atoms with Gasteiger partial charge in [-0.2, -0.15) is 5.10 Å². The van der Waals surface area contributed by atoms with E-state index in [1.165, 1.54) is 6.20 Å². The quantitative estimate of drug-likeness (QED) is 0.835. The minimum absolute atomic E-state index is 0.0364. The van der Waals surface area contributed by atoms with E-state index in [-0.39, 0.29) is 5.60 Å². The van der Waals surface area contributed by atoms with E-state index in [0.717, 1.165) is 50.3 Å². The Kier molecular flexibility index (Phi) is 3.49. The van der Waals surface area contributed by atoms with Gasteiger partial charge in [0.2, 0.25) is 0 Å².